The van der Waals surface area contributed by atoms with Gasteiger partial charge >= 0.3 is 0 Å². The summed E-state index contributed by atoms with van der Waals surface area (Å²) in [6.45, 7) is 6.89. The smallest absolute Gasteiger partial charge is 0.0109 e. The Balaban J connectivity index is 3.07. The Morgan fingerprint density at radius 2 is 1.14 bits per heavy atom. The molecule has 0 unspecified atom stereocenters. The predicted molar refractivity (Wildman–Crippen MR) is 65.2 cm³/mol. The molecule has 0 aliphatic carbocycles. The molecule has 0 fully saturated rings. The molecule has 14 heavy (non-hydrogen) atoms. The average molecular weight is 198 g/mol. The molecule has 0 spiro atoms. The first-order chi connectivity index (χ1) is 6.81. The summed E-state index contributed by atoms with van der Waals surface area (Å²) in [6.07, 6.45) is 10.8. The SMILES string of the molecule is [CH2]N(CCCCCC)CCCCCC. The van der Waals surface area contributed by atoms with Gasteiger partial charge in [-0.2, -0.15) is 0 Å². The molecule has 0 saturated carbocycles. The number of nitrogens with zero attached hydrogens (tertiary/aromatic N) is 1. The monoisotopic (exact) mass is 198 g/mol. The molecule has 0 aromatic rings. The lowest BCUT2D eigenvalue weighted by Crippen LogP contribution is -2.18. The third-order valence-corrected chi connectivity index (χ3v) is 2.66. The van der Waals surface area contributed by atoms with Crippen LogP contribution >= 0.6 is 0 Å². The van der Waals surface area contributed by atoms with Crippen LogP contribution in [0.2, 0.25) is 0 Å². The van der Waals surface area contributed by atoms with E-state index in [0.717, 1.165) is 0 Å². The van der Waals surface area contributed by atoms with E-state index in [9.17, 15) is 0 Å². The van der Waals surface area contributed by atoms with Crippen molar-refractivity contribution >= 4 is 0 Å². The van der Waals surface area contributed by atoms with E-state index in [4.69, 9.17) is 0 Å². The van der Waals surface area contributed by atoms with E-state index in [1.165, 1.54) is 64.5 Å². The van der Waals surface area contributed by atoms with Crippen LogP contribution in [0.3, 0.4) is 0 Å². The second-order valence-electron chi connectivity index (χ2n) is 4.24. The second-order valence-corrected chi connectivity index (χ2v) is 4.24. The van der Waals surface area contributed by atoms with Crippen LogP contribution in [0.4, 0.5) is 0 Å². The van der Waals surface area contributed by atoms with Gasteiger partial charge in [0.2, 0.25) is 0 Å². The van der Waals surface area contributed by atoms with E-state index < -0.39 is 0 Å². The van der Waals surface area contributed by atoms with Crippen molar-refractivity contribution in [2.75, 3.05) is 13.1 Å². The van der Waals surface area contributed by atoms with Crippen LogP contribution in [0.5, 0.6) is 0 Å². The van der Waals surface area contributed by atoms with Crippen molar-refractivity contribution in [3.63, 3.8) is 0 Å². The van der Waals surface area contributed by atoms with Crippen LogP contribution in [0, 0.1) is 7.05 Å². The third kappa shape index (κ3) is 10.0. The summed E-state index contributed by atoms with van der Waals surface area (Å²) in [5.74, 6) is 0. The van der Waals surface area contributed by atoms with E-state index in [1.54, 1.807) is 0 Å². The molecule has 0 saturated heterocycles. The molecule has 0 atom stereocenters. The van der Waals surface area contributed by atoms with Gasteiger partial charge in [0, 0.05) is 7.05 Å². The van der Waals surface area contributed by atoms with E-state index in [2.05, 4.69) is 25.8 Å². The summed E-state index contributed by atoms with van der Waals surface area (Å²) < 4.78 is 0. The molecule has 1 nitrogen and oxygen atoms in total. The number of unbranched alkanes of at least 4 members (excludes halogenated alkanes) is 6. The van der Waals surface area contributed by atoms with E-state index >= 15 is 0 Å². The Morgan fingerprint density at radius 3 is 1.50 bits per heavy atom. The molecule has 0 aromatic heterocycles. The van der Waals surface area contributed by atoms with Gasteiger partial charge in [-0.05, 0) is 25.9 Å². The maximum atomic E-state index is 4.07. The highest BCUT2D eigenvalue weighted by molar-refractivity contribution is 4.56. The molecule has 0 rings (SSSR count). The summed E-state index contributed by atoms with van der Waals surface area (Å²) in [5.41, 5.74) is 0. The minimum atomic E-state index is 1.19. The van der Waals surface area contributed by atoms with Crippen molar-refractivity contribution in [2.45, 2.75) is 65.2 Å². The first-order valence-corrected chi connectivity index (χ1v) is 6.36. The standard InChI is InChI=1S/C13H28N/c1-4-6-8-10-12-14(3)13-11-9-7-5-2/h3-13H2,1-2H3. The van der Waals surface area contributed by atoms with Crippen LogP contribution in [-0.2, 0) is 0 Å². The van der Waals surface area contributed by atoms with E-state index in [1.807, 2.05) is 0 Å². The minimum absolute atomic E-state index is 1.19. The fourth-order valence-corrected chi connectivity index (χ4v) is 1.64. The minimum Gasteiger partial charge on any atom is -0.302 e. The van der Waals surface area contributed by atoms with Crippen molar-refractivity contribution in [1.82, 2.24) is 4.90 Å². The van der Waals surface area contributed by atoms with Crippen LogP contribution in [0.25, 0.3) is 0 Å². The number of hydrogen-bond acceptors (Lipinski definition) is 1. The lowest BCUT2D eigenvalue weighted by Gasteiger charge is -2.15. The molecule has 0 amide bonds. The molecule has 0 aromatic carbocycles. The van der Waals surface area contributed by atoms with Crippen molar-refractivity contribution in [2.24, 2.45) is 0 Å². The van der Waals surface area contributed by atoms with Crippen molar-refractivity contribution < 1.29 is 0 Å². The highest BCUT2D eigenvalue weighted by atomic mass is 15.1. The first-order valence-electron chi connectivity index (χ1n) is 6.36. The molecule has 0 bridgehead atoms. The molecule has 1 heteroatoms. The largest absolute Gasteiger partial charge is 0.302 e. The van der Waals surface area contributed by atoms with Gasteiger partial charge in [-0.3, -0.25) is 0 Å². The second kappa shape index (κ2) is 11.0. The summed E-state index contributed by atoms with van der Waals surface area (Å²) in [6, 6.07) is 0. The summed E-state index contributed by atoms with van der Waals surface area (Å²) >= 11 is 0. The van der Waals surface area contributed by atoms with E-state index in [-0.39, 0.29) is 0 Å². The zero-order valence-electron chi connectivity index (χ0n) is 10.2. The molecule has 1 radical (unpaired) electrons. The van der Waals surface area contributed by atoms with Gasteiger partial charge < -0.3 is 4.90 Å². The Labute approximate surface area is 90.9 Å². The molecular formula is C13H28N. The summed E-state index contributed by atoms with van der Waals surface area (Å²) in [5, 5.41) is 0. The van der Waals surface area contributed by atoms with Crippen LogP contribution in [-0.4, -0.2) is 18.0 Å². The lowest BCUT2D eigenvalue weighted by molar-refractivity contribution is 0.346. The normalized spacial score (nSPS) is 11.1. The predicted octanol–water partition coefficient (Wildman–Crippen LogP) is 4.24. The van der Waals surface area contributed by atoms with Crippen LogP contribution in [0.1, 0.15) is 65.2 Å². The molecule has 85 valence electrons. The van der Waals surface area contributed by atoms with Crippen LogP contribution in [0.15, 0.2) is 0 Å². The van der Waals surface area contributed by atoms with Gasteiger partial charge in [0.1, 0.15) is 0 Å². The Kier molecular flexibility index (Phi) is 11.0. The molecule has 0 aliphatic heterocycles. The van der Waals surface area contributed by atoms with Gasteiger partial charge in [0.15, 0.2) is 0 Å². The van der Waals surface area contributed by atoms with Gasteiger partial charge in [0.25, 0.3) is 0 Å². The zero-order chi connectivity index (χ0) is 10.6. The molecular weight excluding hydrogens is 170 g/mol. The topological polar surface area (TPSA) is 3.24 Å². The van der Waals surface area contributed by atoms with Gasteiger partial charge in [-0.1, -0.05) is 52.4 Å². The zero-order valence-corrected chi connectivity index (χ0v) is 10.2. The van der Waals surface area contributed by atoms with Gasteiger partial charge in [0.05, 0.1) is 0 Å². The van der Waals surface area contributed by atoms with Gasteiger partial charge in [-0.15, -0.1) is 0 Å². The lowest BCUT2D eigenvalue weighted by atomic mass is 10.2. The third-order valence-electron chi connectivity index (χ3n) is 2.66. The Morgan fingerprint density at radius 1 is 0.714 bits per heavy atom. The maximum absolute atomic E-state index is 4.07. The number of hydrogen-bond donors (Lipinski definition) is 0. The molecule has 0 heterocycles. The van der Waals surface area contributed by atoms with Crippen molar-refractivity contribution in [3.8, 4) is 0 Å². The highest BCUT2D eigenvalue weighted by Crippen LogP contribution is 2.03. The fourth-order valence-electron chi connectivity index (χ4n) is 1.64. The molecule has 0 N–H and O–H groups in total. The van der Waals surface area contributed by atoms with Crippen LogP contribution < -0.4 is 0 Å². The first kappa shape index (κ1) is 14.0. The van der Waals surface area contributed by atoms with Crippen molar-refractivity contribution in [1.29, 1.82) is 0 Å². The number of rotatable bonds is 10. The molecule has 0 aliphatic rings. The summed E-state index contributed by atoms with van der Waals surface area (Å²) in [4.78, 5) is 2.24. The Bertz CT molecular complexity index is 89.4. The fraction of sp³-hybridized carbons (Fsp3) is 0.923. The van der Waals surface area contributed by atoms with Gasteiger partial charge in [-0.25, -0.2) is 0 Å². The highest BCUT2D eigenvalue weighted by Gasteiger charge is 1.97. The quantitative estimate of drug-likeness (QED) is 0.475. The Hall–Kier alpha value is -0.0400. The van der Waals surface area contributed by atoms with E-state index in [0.29, 0.717) is 0 Å². The summed E-state index contributed by atoms with van der Waals surface area (Å²) in [7, 11) is 4.07. The average Bonchev–Trinajstić information content (AvgIpc) is 2.19. The van der Waals surface area contributed by atoms with Crippen molar-refractivity contribution in [3.05, 3.63) is 7.05 Å². The maximum Gasteiger partial charge on any atom is 0.0109 e.